The van der Waals surface area contributed by atoms with E-state index < -0.39 is 0 Å². The van der Waals surface area contributed by atoms with Crippen molar-refractivity contribution in [2.24, 2.45) is 0 Å². The van der Waals surface area contributed by atoms with Crippen molar-refractivity contribution in [1.82, 2.24) is 5.32 Å². The monoisotopic (exact) mass is 286 g/mol. The molecule has 0 unspecified atom stereocenters. The normalized spacial score (nSPS) is 19.8. The third-order valence-electron chi connectivity index (χ3n) is 2.57. The molecule has 86 valence electrons. The van der Waals surface area contributed by atoms with Crippen LogP contribution in [0.25, 0.3) is 0 Å². The molecular formula is C11H12BrFN2O. The third kappa shape index (κ3) is 2.59. The van der Waals surface area contributed by atoms with Gasteiger partial charge in [-0.1, -0.05) is 0 Å². The number of carbonyl (C=O) groups excluding carboxylic acids is 1. The van der Waals surface area contributed by atoms with E-state index in [2.05, 4.69) is 26.6 Å². The predicted octanol–water partition coefficient (Wildman–Crippen LogP) is 2.28. The van der Waals surface area contributed by atoms with Crippen LogP contribution in [0, 0.1) is 5.82 Å². The fourth-order valence-corrected chi connectivity index (χ4v) is 2.17. The van der Waals surface area contributed by atoms with Crippen molar-refractivity contribution >= 4 is 27.5 Å². The molecule has 1 heterocycles. The molecule has 1 aromatic rings. The molecule has 0 spiro atoms. The molecule has 5 heteroatoms. The van der Waals surface area contributed by atoms with Crippen LogP contribution in [0.3, 0.4) is 0 Å². The van der Waals surface area contributed by atoms with E-state index in [0.29, 0.717) is 10.2 Å². The molecule has 1 aromatic carbocycles. The molecule has 1 aliphatic heterocycles. The van der Waals surface area contributed by atoms with Crippen LogP contribution in [-0.2, 0) is 4.79 Å². The second-order valence-corrected chi connectivity index (χ2v) is 4.62. The van der Waals surface area contributed by atoms with Crippen LogP contribution in [-0.4, -0.2) is 18.5 Å². The van der Waals surface area contributed by atoms with Crippen molar-refractivity contribution in [3.8, 4) is 0 Å². The Morgan fingerprint density at radius 2 is 2.38 bits per heavy atom. The molecule has 3 nitrogen and oxygen atoms in total. The highest BCUT2D eigenvalue weighted by Crippen LogP contribution is 2.23. The molecule has 0 saturated carbocycles. The Hall–Kier alpha value is -0.940. The van der Waals surface area contributed by atoms with E-state index in [1.54, 1.807) is 6.07 Å². The molecule has 1 amide bonds. The molecular weight excluding hydrogens is 275 g/mol. The Kier molecular flexibility index (Phi) is 3.56. The highest BCUT2D eigenvalue weighted by Gasteiger charge is 2.22. The van der Waals surface area contributed by atoms with Crippen LogP contribution >= 0.6 is 15.9 Å². The summed E-state index contributed by atoms with van der Waals surface area (Å²) in [5.74, 6) is -0.395. The Labute approximate surface area is 102 Å². The van der Waals surface area contributed by atoms with Gasteiger partial charge in [0, 0.05) is 4.47 Å². The summed E-state index contributed by atoms with van der Waals surface area (Å²) in [4.78, 5) is 11.8. The lowest BCUT2D eigenvalue weighted by Crippen LogP contribution is -2.35. The smallest absolute Gasteiger partial charge is 0.241 e. The first-order valence-corrected chi connectivity index (χ1v) is 5.95. The number of hydrogen-bond donors (Lipinski definition) is 2. The van der Waals surface area contributed by atoms with E-state index in [1.807, 2.05) is 0 Å². The van der Waals surface area contributed by atoms with Gasteiger partial charge in [-0.25, -0.2) is 4.39 Å². The number of amides is 1. The summed E-state index contributed by atoms with van der Waals surface area (Å²) in [5.41, 5.74) is 0.597. The van der Waals surface area contributed by atoms with E-state index in [0.717, 1.165) is 19.4 Å². The summed E-state index contributed by atoms with van der Waals surface area (Å²) < 4.78 is 13.4. The van der Waals surface area contributed by atoms with Crippen molar-refractivity contribution in [1.29, 1.82) is 0 Å². The first-order valence-electron chi connectivity index (χ1n) is 5.16. The van der Waals surface area contributed by atoms with Crippen LogP contribution < -0.4 is 10.6 Å². The van der Waals surface area contributed by atoms with Crippen LogP contribution in [0.4, 0.5) is 10.1 Å². The van der Waals surface area contributed by atoms with Crippen LogP contribution in [0.15, 0.2) is 22.7 Å². The van der Waals surface area contributed by atoms with Gasteiger partial charge in [0.05, 0.1) is 11.7 Å². The van der Waals surface area contributed by atoms with Gasteiger partial charge in [-0.15, -0.1) is 0 Å². The quantitative estimate of drug-likeness (QED) is 0.876. The molecule has 0 radical (unpaired) electrons. The minimum atomic E-state index is -0.330. The summed E-state index contributed by atoms with van der Waals surface area (Å²) in [6.07, 6.45) is 1.87. The first kappa shape index (κ1) is 11.5. The van der Waals surface area contributed by atoms with E-state index in [-0.39, 0.29) is 17.8 Å². The zero-order valence-corrected chi connectivity index (χ0v) is 10.2. The Morgan fingerprint density at radius 1 is 1.56 bits per heavy atom. The van der Waals surface area contributed by atoms with Gasteiger partial charge in [0.2, 0.25) is 5.91 Å². The first-order chi connectivity index (χ1) is 7.66. The van der Waals surface area contributed by atoms with Crippen molar-refractivity contribution < 1.29 is 9.18 Å². The number of benzene rings is 1. The topological polar surface area (TPSA) is 41.1 Å². The minimum Gasteiger partial charge on any atom is -0.324 e. The maximum atomic E-state index is 12.8. The fraction of sp³-hybridized carbons (Fsp3) is 0.364. The Morgan fingerprint density at radius 3 is 3.00 bits per heavy atom. The molecule has 2 rings (SSSR count). The van der Waals surface area contributed by atoms with Gasteiger partial charge in [-0.2, -0.15) is 0 Å². The van der Waals surface area contributed by atoms with Crippen LogP contribution in [0.2, 0.25) is 0 Å². The number of carbonyl (C=O) groups is 1. The summed E-state index contributed by atoms with van der Waals surface area (Å²) in [6.45, 7) is 0.878. The highest BCUT2D eigenvalue weighted by atomic mass is 79.9. The molecule has 2 N–H and O–H groups in total. The molecule has 0 aromatic heterocycles. The summed E-state index contributed by atoms with van der Waals surface area (Å²) in [5, 5.41) is 5.87. The molecule has 0 bridgehead atoms. The number of anilines is 1. The second-order valence-electron chi connectivity index (χ2n) is 3.76. The average molecular weight is 287 g/mol. The van der Waals surface area contributed by atoms with Crippen LogP contribution in [0.1, 0.15) is 12.8 Å². The van der Waals surface area contributed by atoms with Crippen molar-refractivity contribution in [3.63, 3.8) is 0 Å². The van der Waals surface area contributed by atoms with E-state index >= 15 is 0 Å². The maximum absolute atomic E-state index is 12.8. The Bertz CT molecular complexity index is 405. The van der Waals surface area contributed by atoms with Gasteiger partial charge in [-0.3, -0.25) is 4.79 Å². The zero-order chi connectivity index (χ0) is 11.5. The number of hydrogen-bond acceptors (Lipinski definition) is 2. The SMILES string of the molecule is O=C(Nc1ccc(F)cc1Br)[C@@H]1CCCN1. The standard InChI is InChI=1S/C11H12BrFN2O/c12-8-6-7(13)3-4-9(8)15-11(16)10-2-1-5-14-10/h3-4,6,10,14H,1-2,5H2,(H,15,16)/t10-/m0/s1. The van der Waals surface area contributed by atoms with Gasteiger partial charge < -0.3 is 10.6 Å². The molecule has 1 saturated heterocycles. The van der Waals surface area contributed by atoms with E-state index in [1.165, 1.54) is 12.1 Å². The van der Waals surface area contributed by atoms with Crippen molar-refractivity contribution in [3.05, 3.63) is 28.5 Å². The lowest BCUT2D eigenvalue weighted by molar-refractivity contribution is -0.117. The van der Waals surface area contributed by atoms with Gasteiger partial charge in [-0.05, 0) is 53.5 Å². The summed E-state index contributed by atoms with van der Waals surface area (Å²) in [7, 11) is 0. The van der Waals surface area contributed by atoms with Crippen molar-refractivity contribution in [2.45, 2.75) is 18.9 Å². The van der Waals surface area contributed by atoms with Gasteiger partial charge in [0.25, 0.3) is 0 Å². The minimum absolute atomic E-state index is 0.0650. The largest absolute Gasteiger partial charge is 0.324 e. The second kappa shape index (κ2) is 4.93. The van der Waals surface area contributed by atoms with Crippen molar-refractivity contribution in [2.75, 3.05) is 11.9 Å². The highest BCUT2D eigenvalue weighted by molar-refractivity contribution is 9.10. The van der Waals surface area contributed by atoms with Gasteiger partial charge >= 0.3 is 0 Å². The Balaban J connectivity index is 2.05. The predicted molar refractivity (Wildman–Crippen MR) is 63.8 cm³/mol. The van der Waals surface area contributed by atoms with E-state index in [9.17, 15) is 9.18 Å². The number of halogens is 2. The zero-order valence-electron chi connectivity index (χ0n) is 8.59. The molecule has 1 fully saturated rings. The number of nitrogens with one attached hydrogen (secondary N) is 2. The third-order valence-corrected chi connectivity index (χ3v) is 3.22. The molecule has 1 aliphatic rings. The molecule has 1 atom stereocenters. The van der Waals surface area contributed by atoms with E-state index in [4.69, 9.17) is 0 Å². The average Bonchev–Trinajstić information content (AvgIpc) is 2.75. The fourth-order valence-electron chi connectivity index (χ4n) is 1.72. The summed E-state index contributed by atoms with van der Waals surface area (Å²) >= 11 is 3.21. The maximum Gasteiger partial charge on any atom is 0.241 e. The lowest BCUT2D eigenvalue weighted by atomic mass is 10.2. The van der Waals surface area contributed by atoms with Gasteiger partial charge in [0.15, 0.2) is 0 Å². The molecule has 16 heavy (non-hydrogen) atoms. The van der Waals surface area contributed by atoms with Gasteiger partial charge in [0.1, 0.15) is 5.82 Å². The summed E-state index contributed by atoms with van der Waals surface area (Å²) in [6, 6.07) is 4.07. The van der Waals surface area contributed by atoms with Crippen LogP contribution in [0.5, 0.6) is 0 Å². The molecule has 0 aliphatic carbocycles. The number of rotatable bonds is 2. The lowest BCUT2D eigenvalue weighted by Gasteiger charge is -2.12.